The summed E-state index contributed by atoms with van der Waals surface area (Å²) in [6.07, 6.45) is 7.45. The summed E-state index contributed by atoms with van der Waals surface area (Å²) in [5.41, 5.74) is 13.9. The Morgan fingerprint density at radius 2 is 1.38 bits per heavy atom. The van der Waals surface area contributed by atoms with Crippen LogP contribution in [0, 0.1) is 13.1 Å². The van der Waals surface area contributed by atoms with Gasteiger partial charge in [-0.1, -0.05) is 36.4 Å². The Kier molecular flexibility index (Phi) is 10.1. The van der Waals surface area contributed by atoms with E-state index in [1.165, 1.54) is 82.6 Å². The Balaban J connectivity index is 0.889. The number of halogens is 1. The van der Waals surface area contributed by atoms with Crippen molar-refractivity contribution in [1.29, 1.82) is 0 Å². The molecule has 5 heteroatoms. The molecule has 0 fully saturated rings. The fourth-order valence-corrected chi connectivity index (χ4v) is 19.7. The van der Waals surface area contributed by atoms with Gasteiger partial charge in [0.05, 0.1) is 0 Å². The summed E-state index contributed by atoms with van der Waals surface area (Å²) in [6, 6.07) is 68.4. The predicted molar refractivity (Wildman–Crippen MR) is 295 cm³/mol. The third-order valence-corrected chi connectivity index (χ3v) is 23.0. The minimum Gasteiger partial charge on any atom is -0.0622 e. The van der Waals surface area contributed by atoms with Crippen LogP contribution in [0.5, 0.6) is 0 Å². The van der Waals surface area contributed by atoms with Gasteiger partial charge >= 0.3 is 360 Å². The molecule has 0 saturated carbocycles. The van der Waals surface area contributed by atoms with E-state index in [1.807, 2.05) is 35.6 Å². The standard InChI is InChI=1S/C61H46IN3S/c1-40(43-19-6-4-7-20-43)63-61(64-41(2)44-21-8-5-9-22-44)47-25-17-24-46(37-47)45-23-16-18-42(36-45)39-62(3)54-29-13-10-26-49(54)53-38-48(32-34-55(53)62)65-56-30-14-11-28-52(56)59-57(65)35-33-51-50-27-12-15-31-58(50)66-60(51)59/h4-36,38,47H,1,3,37,39H2,2H3. The van der Waals surface area contributed by atoms with Gasteiger partial charge in [0.1, 0.15) is 0 Å². The van der Waals surface area contributed by atoms with Crippen molar-refractivity contribution in [3.8, 4) is 16.8 Å². The van der Waals surface area contributed by atoms with E-state index < -0.39 is 18.0 Å². The monoisotopic (exact) mass is 979 g/mol. The van der Waals surface area contributed by atoms with Crippen molar-refractivity contribution in [2.75, 3.05) is 0 Å². The van der Waals surface area contributed by atoms with Crippen LogP contribution < -0.4 is 0 Å². The molecule has 0 amide bonds. The first-order valence-electron chi connectivity index (χ1n) is 22.5. The first kappa shape index (κ1) is 40.4. The molecule has 8 aromatic carbocycles. The van der Waals surface area contributed by atoms with Gasteiger partial charge in [-0.15, -0.1) is 0 Å². The third kappa shape index (κ3) is 6.88. The maximum atomic E-state index is 5.29. The van der Waals surface area contributed by atoms with E-state index in [1.54, 1.807) is 0 Å². The zero-order chi connectivity index (χ0) is 44.4. The molecule has 1 aliphatic heterocycles. The van der Waals surface area contributed by atoms with E-state index in [0.717, 1.165) is 33.5 Å². The number of nitrogens with zero attached hydrogens (tertiary/aromatic N) is 3. The number of thiophene rings is 1. The molecule has 3 nitrogen and oxygen atoms in total. The van der Waals surface area contributed by atoms with Crippen LogP contribution in [0.3, 0.4) is 0 Å². The number of hydrogen-bond acceptors (Lipinski definition) is 2. The van der Waals surface area contributed by atoms with Crippen LogP contribution in [0.1, 0.15) is 35.6 Å². The Morgan fingerprint density at radius 3 is 2.23 bits per heavy atom. The van der Waals surface area contributed by atoms with Crippen molar-refractivity contribution in [2.45, 2.75) is 17.8 Å². The number of alkyl halides is 1. The Morgan fingerprint density at radius 1 is 0.652 bits per heavy atom. The maximum absolute atomic E-state index is 5.29. The first-order valence-corrected chi connectivity index (χ1v) is 28.5. The normalized spacial score (nSPS) is 18.1. The number of para-hydroxylation sites is 1. The second-order valence-electron chi connectivity index (χ2n) is 17.3. The van der Waals surface area contributed by atoms with E-state index in [2.05, 4.69) is 200 Å². The van der Waals surface area contributed by atoms with Crippen molar-refractivity contribution in [1.82, 2.24) is 4.57 Å². The SMILES string of the molecule is C=C(N=C(N=C(C)c1ccccc1)C1C=CC=C(c2cccc(CI3(=C)c4ccccc4-c4cc(-n5c6ccccc6c6c7sc8ccccc8c7ccc65)ccc43)c2)C1)c1ccccc1. The number of aromatic nitrogens is 1. The molecule has 0 bridgehead atoms. The van der Waals surface area contributed by atoms with E-state index in [0.29, 0.717) is 5.70 Å². The van der Waals surface area contributed by atoms with E-state index in [-0.39, 0.29) is 5.92 Å². The van der Waals surface area contributed by atoms with Crippen molar-refractivity contribution in [3.05, 3.63) is 242 Å². The van der Waals surface area contributed by atoms with Crippen LogP contribution in [0.4, 0.5) is 0 Å². The summed E-state index contributed by atoms with van der Waals surface area (Å²) in [5.74, 6) is 0.750. The zero-order valence-electron chi connectivity index (χ0n) is 36.7. The molecule has 66 heavy (non-hydrogen) atoms. The summed E-state index contributed by atoms with van der Waals surface area (Å²) in [6.45, 7) is 6.44. The van der Waals surface area contributed by atoms with Gasteiger partial charge in [0.2, 0.25) is 0 Å². The van der Waals surface area contributed by atoms with Crippen LogP contribution in [-0.2, 0) is 4.43 Å². The first-order chi connectivity index (χ1) is 32.4. The summed E-state index contributed by atoms with van der Waals surface area (Å²) in [7, 11) is 0. The van der Waals surface area contributed by atoms with Gasteiger partial charge in [-0.25, -0.2) is 0 Å². The molecule has 2 aliphatic rings. The van der Waals surface area contributed by atoms with E-state index >= 15 is 0 Å². The fourth-order valence-electron chi connectivity index (χ4n) is 10.1. The fraction of sp³-hybridized carbons (Fsp3) is 0.0656. The van der Waals surface area contributed by atoms with Gasteiger partial charge in [-0.2, -0.15) is 0 Å². The minimum absolute atomic E-state index is 0.0163. The van der Waals surface area contributed by atoms with Gasteiger partial charge < -0.3 is 0 Å². The molecular formula is C61H46IN3S. The molecular weight excluding hydrogens is 934 g/mol. The Labute approximate surface area is 393 Å². The number of hydrogen-bond donors (Lipinski definition) is 0. The second-order valence-corrected chi connectivity index (χ2v) is 26.1. The van der Waals surface area contributed by atoms with E-state index in [4.69, 9.17) is 14.5 Å². The quantitative estimate of drug-likeness (QED) is 0.0629. The third-order valence-electron chi connectivity index (χ3n) is 13.3. The molecule has 2 atom stereocenters. The Bertz CT molecular complexity index is 3770. The number of aliphatic imine (C=N–C) groups is 2. The van der Waals surface area contributed by atoms with Crippen molar-refractivity contribution in [3.63, 3.8) is 0 Å². The Hall–Kier alpha value is -7.06. The average molecular weight is 980 g/mol. The molecule has 0 radical (unpaired) electrons. The van der Waals surface area contributed by atoms with E-state index in [9.17, 15) is 0 Å². The zero-order valence-corrected chi connectivity index (χ0v) is 39.6. The van der Waals surface area contributed by atoms with Gasteiger partial charge in [0.25, 0.3) is 0 Å². The van der Waals surface area contributed by atoms with Crippen molar-refractivity contribution in [2.24, 2.45) is 15.9 Å². The minimum atomic E-state index is -3.08. The molecule has 0 saturated heterocycles. The predicted octanol–water partition coefficient (Wildman–Crippen LogP) is 16.4. The number of benzene rings is 8. The molecule has 2 aromatic heterocycles. The summed E-state index contributed by atoms with van der Waals surface area (Å²) < 4.78 is 14.3. The van der Waals surface area contributed by atoms with Crippen LogP contribution in [0.2, 0.25) is 0 Å². The smallest absolute Gasteiger partial charge is 0.0622 e. The number of amidine groups is 1. The van der Waals surface area contributed by atoms with Crippen LogP contribution in [-0.4, -0.2) is 20.6 Å². The van der Waals surface area contributed by atoms with Crippen molar-refractivity contribution < 1.29 is 0 Å². The summed E-state index contributed by atoms with van der Waals surface area (Å²) >= 11 is -1.17. The summed E-state index contributed by atoms with van der Waals surface area (Å²) in [4.78, 5) is 10.3. The van der Waals surface area contributed by atoms with Crippen LogP contribution in [0.25, 0.3) is 70.1 Å². The molecule has 0 spiro atoms. The van der Waals surface area contributed by atoms with Crippen molar-refractivity contribution >= 4 is 98.6 Å². The second kappa shape index (κ2) is 16.4. The van der Waals surface area contributed by atoms with Crippen LogP contribution >= 0.6 is 29.3 Å². The number of rotatable bonds is 8. The van der Waals surface area contributed by atoms with Gasteiger partial charge in [0.15, 0.2) is 0 Å². The molecule has 2 unspecified atom stereocenters. The number of allylic oxidation sites excluding steroid dienone is 3. The summed E-state index contributed by atoms with van der Waals surface area (Å²) in [5, 5.41) is 5.28. The van der Waals surface area contributed by atoms with Crippen LogP contribution in [0.15, 0.2) is 223 Å². The molecule has 3 heterocycles. The molecule has 12 rings (SSSR count). The van der Waals surface area contributed by atoms with Gasteiger partial charge in [-0.05, 0) is 0 Å². The molecule has 318 valence electrons. The van der Waals surface area contributed by atoms with Gasteiger partial charge in [0, 0.05) is 0 Å². The topological polar surface area (TPSA) is 29.6 Å². The van der Waals surface area contributed by atoms with Gasteiger partial charge in [-0.3, -0.25) is 0 Å². The number of fused-ring (bicyclic) bond motifs is 10. The molecule has 1 aliphatic carbocycles. The molecule has 10 aromatic rings. The average Bonchev–Trinajstić information content (AvgIpc) is 4.00. The molecule has 0 N–H and O–H groups in total.